The van der Waals surface area contributed by atoms with Crippen molar-refractivity contribution in [1.82, 2.24) is 20.2 Å². The predicted octanol–water partition coefficient (Wildman–Crippen LogP) is 5.21. The van der Waals surface area contributed by atoms with E-state index in [1.165, 1.54) is 10.9 Å². The maximum atomic E-state index is 6.35. The standard InChI is InChI=1S/C24H23N5O.2ClH/c1-15-22-10-16(6-7-24(22)29-28-15)17-9-20(13-26-11-17)30-14-19(25)8-18-12-27-23-5-3-2-4-21(18)23;;/h2-7,9-13,19,27H,8,14,25H2,1H3,(H,28,29);2*1H/t19-;;/m0../s1. The average molecular weight is 470 g/mol. The number of ether oxygens (including phenoxy) is 1. The van der Waals surface area contributed by atoms with Crippen LogP contribution in [-0.4, -0.2) is 32.8 Å². The van der Waals surface area contributed by atoms with Gasteiger partial charge < -0.3 is 15.5 Å². The van der Waals surface area contributed by atoms with Gasteiger partial charge in [0.25, 0.3) is 0 Å². The first-order valence-electron chi connectivity index (χ1n) is 10.0. The van der Waals surface area contributed by atoms with Gasteiger partial charge in [0.15, 0.2) is 0 Å². The second kappa shape index (κ2) is 10.0. The zero-order valence-electron chi connectivity index (χ0n) is 17.5. The van der Waals surface area contributed by atoms with Crippen molar-refractivity contribution in [3.63, 3.8) is 0 Å². The number of aryl methyl sites for hydroxylation is 1. The van der Waals surface area contributed by atoms with E-state index in [1.54, 1.807) is 6.20 Å². The first-order valence-corrected chi connectivity index (χ1v) is 10.0. The van der Waals surface area contributed by atoms with E-state index in [4.69, 9.17) is 10.5 Å². The molecule has 166 valence electrons. The molecule has 0 bridgehead atoms. The van der Waals surface area contributed by atoms with E-state index in [-0.39, 0.29) is 30.9 Å². The lowest BCUT2D eigenvalue weighted by Gasteiger charge is -2.13. The Kier molecular flexibility index (Phi) is 7.40. The van der Waals surface area contributed by atoms with Gasteiger partial charge in [0.2, 0.25) is 0 Å². The minimum Gasteiger partial charge on any atom is -0.490 e. The van der Waals surface area contributed by atoms with Gasteiger partial charge in [-0.15, -0.1) is 24.8 Å². The third-order valence-corrected chi connectivity index (χ3v) is 5.41. The molecule has 5 rings (SSSR count). The Balaban J connectivity index is 0.00000144. The molecule has 3 heterocycles. The Morgan fingerprint density at radius 1 is 1.00 bits per heavy atom. The Hall–Kier alpha value is -3.06. The van der Waals surface area contributed by atoms with Crippen LogP contribution in [0.25, 0.3) is 32.9 Å². The number of nitrogens with zero attached hydrogens (tertiary/aromatic N) is 2. The number of para-hydroxylation sites is 1. The summed E-state index contributed by atoms with van der Waals surface area (Å²) in [6, 6.07) is 16.3. The molecule has 0 aliphatic rings. The van der Waals surface area contributed by atoms with E-state index >= 15 is 0 Å². The Morgan fingerprint density at radius 3 is 2.72 bits per heavy atom. The Morgan fingerprint density at radius 2 is 1.84 bits per heavy atom. The summed E-state index contributed by atoms with van der Waals surface area (Å²) in [5.41, 5.74) is 12.8. The number of nitrogens with one attached hydrogen (secondary N) is 2. The summed E-state index contributed by atoms with van der Waals surface area (Å²) in [4.78, 5) is 7.65. The van der Waals surface area contributed by atoms with E-state index in [9.17, 15) is 0 Å². The molecule has 0 spiro atoms. The number of aromatic nitrogens is 4. The molecular formula is C24H25Cl2N5O. The number of hydrogen-bond acceptors (Lipinski definition) is 4. The fourth-order valence-corrected chi connectivity index (χ4v) is 3.82. The minimum absolute atomic E-state index is 0. The maximum absolute atomic E-state index is 6.35. The van der Waals surface area contributed by atoms with Crippen LogP contribution in [0, 0.1) is 6.92 Å². The highest BCUT2D eigenvalue weighted by Crippen LogP contribution is 2.27. The molecule has 0 radical (unpaired) electrons. The van der Waals surface area contributed by atoms with Crippen LogP contribution >= 0.6 is 24.8 Å². The Labute approximate surface area is 198 Å². The van der Waals surface area contributed by atoms with Crippen LogP contribution in [0.3, 0.4) is 0 Å². The lowest BCUT2D eigenvalue weighted by Crippen LogP contribution is -2.30. The summed E-state index contributed by atoms with van der Waals surface area (Å²) in [5, 5.41) is 9.63. The fourth-order valence-electron chi connectivity index (χ4n) is 3.82. The van der Waals surface area contributed by atoms with E-state index < -0.39 is 0 Å². The highest BCUT2D eigenvalue weighted by atomic mass is 35.5. The lowest BCUT2D eigenvalue weighted by molar-refractivity contribution is 0.287. The molecule has 8 heteroatoms. The van der Waals surface area contributed by atoms with E-state index in [0.29, 0.717) is 12.4 Å². The topological polar surface area (TPSA) is 92.6 Å². The van der Waals surface area contributed by atoms with Gasteiger partial charge in [0, 0.05) is 46.0 Å². The molecule has 32 heavy (non-hydrogen) atoms. The number of aromatic amines is 2. The van der Waals surface area contributed by atoms with Gasteiger partial charge in [-0.25, -0.2) is 0 Å². The van der Waals surface area contributed by atoms with Crippen molar-refractivity contribution in [2.75, 3.05) is 6.61 Å². The van der Waals surface area contributed by atoms with Crippen molar-refractivity contribution < 1.29 is 4.74 Å². The molecule has 0 aliphatic heterocycles. The molecule has 0 amide bonds. The van der Waals surface area contributed by atoms with Gasteiger partial charge in [0.05, 0.1) is 11.7 Å². The van der Waals surface area contributed by atoms with E-state index in [0.717, 1.165) is 39.7 Å². The molecule has 5 aromatic rings. The van der Waals surface area contributed by atoms with Gasteiger partial charge in [-0.1, -0.05) is 24.3 Å². The summed E-state index contributed by atoms with van der Waals surface area (Å²) in [6.45, 7) is 2.44. The predicted molar refractivity (Wildman–Crippen MR) is 134 cm³/mol. The molecule has 0 saturated carbocycles. The van der Waals surface area contributed by atoms with Gasteiger partial charge >= 0.3 is 0 Å². The summed E-state index contributed by atoms with van der Waals surface area (Å²) in [6.07, 6.45) is 6.34. The fraction of sp³-hybridized carbons (Fsp3) is 0.167. The third-order valence-electron chi connectivity index (χ3n) is 5.41. The number of rotatable bonds is 6. The normalized spacial score (nSPS) is 11.7. The van der Waals surface area contributed by atoms with Gasteiger partial charge in [-0.3, -0.25) is 10.1 Å². The number of pyridine rings is 1. The molecule has 0 fully saturated rings. The quantitative estimate of drug-likeness (QED) is 0.318. The summed E-state index contributed by atoms with van der Waals surface area (Å²) < 4.78 is 5.97. The van der Waals surface area contributed by atoms with Crippen molar-refractivity contribution in [1.29, 1.82) is 0 Å². The highest BCUT2D eigenvalue weighted by molar-refractivity contribution is 5.86. The molecule has 0 unspecified atom stereocenters. The zero-order valence-corrected chi connectivity index (χ0v) is 19.2. The number of benzene rings is 2. The SMILES string of the molecule is Cc1[nH]nc2ccc(-c3cncc(OC[C@@H](N)Cc4c[nH]c5ccccc45)c3)cc12.Cl.Cl. The van der Waals surface area contributed by atoms with Crippen LogP contribution in [0.1, 0.15) is 11.3 Å². The molecule has 4 N–H and O–H groups in total. The first-order chi connectivity index (χ1) is 14.7. The van der Waals surface area contributed by atoms with Crippen LogP contribution in [0.2, 0.25) is 0 Å². The number of halogens is 2. The first kappa shape index (κ1) is 23.6. The lowest BCUT2D eigenvalue weighted by atomic mass is 10.0. The molecule has 0 aliphatic carbocycles. The summed E-state index contributed by atoms with van der Waals surface area (Å²) >= 11 is 0. The van der Waals surface area contributed by atoms with Crippen LogP contribution in [-0.2, 0) is 6.42 Å². The number of H-pyrrole nitrogens is 2. The highest BCUT2D eigenvalue weighted by Gasteiger charge is 2.11. The smallest absolute Gasteiger partial charge is 0.138 e. The molecule has 6 nitrogen and oxygen atoms in total. The zero-order chi connectivity index (χ0) is 20.5. The van der Waals surface area contributed by atoms with Crippen LogP contribution in [0.15, 0.2) is 67.1 Å². The van der Waals surface area contributed by atoms with Crippen molar-refractivity contribution in [2.45, 2.75) is 19.4 Å². The number of fused-ring (bicyclic) bond motifs is 2. The Bertz CT molecular complexity index is 1330. The molecule has 1 atom stereocenters. The molecular weight excluding hydrogens is 445 g/mol. The van der Waals surface area contributed by atoms with E-state index in [1.807, 2.05) is 49.6 Å². The molecule has 0 saturated heterocycles. The van der Waals surface area contributed by atoms with Crippen molar-refractivity contribution >= 4 is 46.6 Å². The monoisotopic (exact) mass is 469 g/mol. The van der Waals surface area contributed by atoms with Crippen molar-refractivity contribution in [2.24, 2.45) is 5.73 Å². The molecule has 3 aromatic heterocycles. The third kappa shape index (κ3) is 4.72. The van der Waals surface area contributed by atoms with Crippen molar-refractivity contribution in [3.8, 4) is 16.9 Å². The second-order valence-corrected chi connectivity index (χ2v) is 7.62. The summed E-state index contributed by atoms with van der Waals surface area (Å²) in [5.74, 6) is 0.714. The number of nitrogens with two attached hydrogens (primary N) is 1. The van der Waals surface area contributed by atoms with Gasteiger partial charge in [-0.05, 0) is 48.7 Å². The van der Waals surface area contributed by atoms with Crippen LogP contribution in [0.4, 0.5) is 0 Å². The van der Waals surface area contributed by atoms with Crippen molar-refractivity contribution in [3.05, 3.63) is 78.4 Å². The average Bonchev–Trinajstić information content (AvgIpc) is 3.36. The number of hydrogen-bond donors (Lipinski definition) is 3. The van der Waals surface area contributed by atoms with Gasteiger partial charge in [0.1, 0.15) is 12.4 Å². The van der Waals surface area contributed by atoms with Gasteiger partial charge in [-0.2, -0.15) is 5.10 Å². The second-order valence-electron chi connectivity index (χ2n) is 7.62. The maximum Gasteiger partial charge on any atom is 0.138 e. The van der Waals surface area contributed by atoms with Crippen LogP contribution in [0.5, 0.6) is 5.75 Å². The van der Waals surface area contributed by atoms with Crippen LogP contribution < -0.4 is 10.5 Å². The summed E-state index contributed by atoms with van der Waals surface area (Å²) in [7, 11) is 0. The van der Waals surface area contributed by atoms with E-state index in [2.05, 4.69) is 38.4 Å². The minimum atomic E-state index is -0.113. The largest absolute Gasteiger partial charge is 0.490 e. The molecule has 2 aromatic carbocycles.